The lowest BCUT2D eigenvalue weighted by atomic mass is 10.1. The van der Waals surface area contributed by atoms with Gasteiger partial charge in [-0.05, 0) is 24.5 Å². The zero-order chi connectivity index (χ0) is 17.4. The van der Waals surface area contributed by atoms with Gasteiger partial charge in [0.25, 0.3) is 0 Å². The second-order valence-corrected chi connectivity index (χ2v) is 7.71. The molecular weight excluding hydrogens is 402 g/mol. The van der Waals surface area contributed by atoms with Gasteiger partial charge in [0.1, 0.15) is 5.58 Å². The smallest absolute Gasteiger partial charge is 0.197 e. The van der Waals surface area contributed by atoms with E-state index in [1.165, 1.54) is 0 Å². The van der Waals surface area contributed by atoms with Crippen molar-refractivity contribution < 1.29 is 4.42 Å². The Hall–Kier alpha value is -1.70. The lowest BCUT2D eigenvalue weighted by molar-refractivity contribution is 0.240. The third kappa shape index (κ3) is 3.36. The third-order valence-corrected chi connectivity index (χ3v) is 5.43. The molecule has 0 amide bonds. The van der Waals surface area contributed by atoms with Gasteiger partial charge in [-0.2, -0.15) is 0 Å². The molecule has 0 radical (unpaired) electrons. The molecule has 1 aromatic carbocycles. The Labute approximate surface area is 157 Å². The van der Waals surface area contributed by atoms with E-state index in [4.69, 9.17) is 4.42 Å². The Morgan fingerprint density at radius 3 is 3.12 bits per heavy atom. The standard InChI is InChI=1S/C18H16BrN3O2S/c1-25-18-20-7-11-8-22(5-4-15(11)21-18)9-12-10-24-16-3-2-13(19)6-14(16)17(12)23/h2-3,6-7,10H,4-5,8-9H2,1H3. The first-order valence-electron chi connectivity index (χ1n) is 7.95. The van der Waals surface area contributed by atoms with Crippen molar-refractivity contribution in [3.63, 3.8) is 0 Å². The van der Waals surface area contributed by atoms with E-state index >= 15 is 0 Å². The van der Waals surface area contributed by atoms with E-state index in [-0.39, 0.29) is 5.43 Å². The fourth-order valence-corrected chi connectivity index (χ4v) is 3.80. The molecule has 0 fully saturated rings. The maximum atomic E-state index is 12.7. The molecule has 0 spiro atoms. The Kier molecular flexibility index (Phi) is 4.62. The molecule has 3 aromatic rings. The topological polar surface area (TPSA) is 59.2 Å². The van der Waals surface area contributed by atoms with Gasteiger partial charge in [-0.3, -0.25) is 9.69 Å². The van der Waals surface area contributed by atoms with Crippen LogP contribution in [0.3, 0.4) is 0 Å². The van der Waals surface area contributed by atoms with E-state index in [1.807, 2.05) is 30.7 Å². The second kappa shape index (κ2) is 6.90. The van der Waals surface area contributed by atoms with Crippen molar-refractivity contribution in [1.29, 1.82) is 0 Å². The molecule has 0 saturated heterocycles. The predicted molar refractivity (Wildman–Crippen MR) is 102 cm³/mol. The first-order valence-corrected chi connectivity index (χ1v) is 9.97. The van der Waals surface area contributed by atoms with Crippen molar-refractivity contribution in [3.05, 3.63) is 62.2 Å². The van der Waals surface area contributed by atoms with Crippen molar-refractivity contribution in [2.75, 3.05) is 12.8 Å². The number of halogens is 1. The third-order valence-electron chi connectivity index (χ3n) is 4.37. The Morgan fingerprint density at radius 2 is 2.28 bits per heavy atom. The average Bonchev–Trinajstić information content (AvgIpc) is 2.64. The number of aromatic nitrogens is 2. The quantitative estimate of drug-likeness (QED) is 0.478. The van der Waals surface area contributed by atoms with Gasteiger partial charge in [-0.1, -0.05) is 27.7 Å². The summed E-state index contributed by atoms with van der Waals surface area (Å²) in [5.74, 6) is 0. The summed E-state index contributed by atoms with van der Waals surface area (Å²) in [6.45, 7) is 2.18. The molecule has 25 heavy (non-hydrogen) atoms. The lowest BCUT2D eigenvalue weighted by Gasteiger charge is -2.27. The maximum Gasteiger partial charge on any atom is 0.197 e. The van der Waals surface area contributed by atoms with Gasteiger partial charge in [0.15, 0.2) is 10.6 Å². The van der Waals surface area contributed by atoms with Gasteiger partial charge in [-0.25, -0.2) is 9.97 Å². The van der Waals surface area contributed by atoms with Crippen LogP contribution in [-0.2, 0) is 19.5 Å². The predicted octanol–water partition coefficient (Wildman–Crippen LogP) is 3.63. The van der Waals surface area contributed by atoms with Crippen molar-refractivity contribution in [1.82, 2.24) is 14.9 Å². The van der Waals surface area contributed by atoms with Crippen LogP contribution in [0, 0.1) is 0 Å². The monoisotopic (exact) mass is 417 g/mol. The van der Waals surface area contributed by atoms with E-state index in [1.54, 1.807) is 18.0 Å². The number of benzene rings is 1. The van der Waals surface area contributed by atoms with E-state index in [9.17, 15) is 4.79 Å². The summed E-state index contributed by atoms with van der Waals surface area (Å²) in [6.07, 6.45) is 6.34. The van der Waals surface area contributed by atoms with E-state index in [2.05, 4.69) is 30.8 Å². The number of nitrogens with zero attached hydrogens (tertiary/aromatic N) is 3. The molecule has 2 aromatic heterocycles. The zero-order valence-electron chi connectivity index (χ0n) is 13.7. The summed E-state index contributed by atoms with van der Waals surface area (Å²) in [6, 6.07) is 5.49. The molecule has 7 heteroatoms. The van der Waals surface area contributed by atoms with Crippen molar-refractivity contribution in [3.8, 4) is 0 Å². The van der Waals surface area contributed by atoms with Crippen molar-refractivity contribution in [2.45, 2.75) is 24.7 Å². The average molecular weight is 418 g/mol. The number of hydrogen-bond acceptors (Lipinski definition) is 6. The number of rotatable bonds is 3. The highest BCUT2D eigenvalue weighted by molar-refractivity contribution is 9.10. The fraction of sp³-hybridized carbons (Fsp3) is 0.278. The van der Waals surface area contributed by atoms with Gasteiger partial charge < -0.3 is 4.42 Å². The van der Waals surface area contributed by atoms with Crippen LogP contribution in [0.5, 0.6) is 0 Å². The molecule has 3 heterocycles. The number of thioether (sulfide) groups is 1. The highest BCUT2D eigenvalue weighted by Crippen LogP contribution is 2.22. The molecule has 0 atom stereocenters. The summed E-state index contributed by atoms with van der Waals surface area (Å²) >= 11 is 4.97. The fourth-order valence-electron chi connectivity index (χ4n) is 3.08. The molecule has 4 rings (SSSR count). The molecule has 0 bridgehead atoms. The Morgan fingerprint density at radius 1 is 1.40 bits per heavy atom. The number of fused-ring (bicyclic) bond motifs is 2. The summed E-state index contributed by atoms with van der Waals surface area (Å²) in [5, 5.41) is 1.42. The normalized spacial score (nSPS) is 14.6. The van der Waals surface area contributed by atoms with Crippen LogP contribution in [0.4, 0.5) is 0 Å². The van der Waals surface area contributed by atoms with Crippen LogP contribution in [0.25, 0.3) is 11.0 Å². The van der Waals surface area contributed by atoms with Crippen LogP contribution in [0.15, 0.2) is 49.5 Å². The molecule has 0 aliphatic carbocycles. The maximum absolute atomic E-state index is 12.7. The van der Waals surface area contributed by atoms with Gasteiger partial charge in [0.05, 0.1) is 17.3 Å². The zero-order valence-corrected chi connectivity index (χ0v) is 16.1. The summed E-state index contributed by atoms with van der Waals surface area (Å²) in [4.78, 5) is 23.9. The van der Waals surface area contributed by atoms with Crippen LogP contribution in [-0.4, -0.2) is 27.7 Å². The van der Waals surface area contributed by atoms with E-state index < -0.39 is 0 Å². The largest absolute Gasteiger partial charge is 0.464 e. The lowest BCUT2D eigenvalue weighted by Crippen LogP contribution is -2.32. The minimum absolute atomic E-state index is 0.0299. The Balaban J connectivity index is 1.59. The summed E-state index contributed by atoms with van der Waals surface area (Å²) < 4.78 is 6.52. The van der Waals surface area contributed by atoms with Gasteiger partial charge in [0.2, 0.25) is 0 Å². The van der Waals surface area contributed by atoms with Crippen LogP contribution in [0.2, 0.25) is 0 Å². The van der Waals surface area contributed by atoms with Crippen LogP contribution >= 0.6 is 27.7 Å². The highest BCUT2D eigenvalue weighted by Gasteiger charge is 2.20. The SMILES string of the molecule is CSc1ncc2c(n1)CCN(Cc1coc3ccc(Br)cc3c1=O)C2. The molecule has 5 nitrogen and oxygen atoms in total. The number of hydrogen-bond donors (Lipinski definition) is 0. The molecule has 1 aliphatic heterocycles. The molecule has 1 aliphatic rings. The summed E-state index contributed by atoms with van der Waals surface area (Å²) in [5.41, 5.74) is 3.57. The van der Waals surface area contributed by atoms with Crippen LogP contribution < -0.4 is 5.43 Å². The van der Waals surface area contributed by atoms with Crippen molar-refractivity contribution in [2.24, 2.45) is 0 Å². The van der Waals surface area contributed by atoms with Gasteiger partial charge in [0, 0.05) is 47.9 Å². The minimum atomic E-state index is 0.0299. The second-order valence-electron chi connectivity index (χ2n) is 6.02. The van der Waals surface area contributed by atoms with Gasteiger partial charge >= 0.3 is 0 Å². The molecule has 0 N–H and O–H groups in total. The molecule has 128 valence electrons. The van der Waals surface area contributed by atoms with E-state index in [0.29, 0.717) is 23.1 Å². The first-order chi connectivity index (χ1) is 12.1. The highest BCUT2D eigenvalue weighted by atomic mass is 79.9. The molecule has 0 saturated carbocycles. The Bertz CT molecular complexity index is 1010. The van der Waals surface area contributed by atoms with Crippen molar-refractivity contribution >= 4 is 38.7 Å². The minimum Gasteiger partial charge on any atom is -0.464 e. The first kappa shape index (κ1) is 16.8. The summed E-state index contributed by atoms with van der Waals surface area (Å²) in [7, 11) is 0. The van der Waals surface area contributed by atoms with Gasteiger partial charge in [-0.15, -0.1) is 0 Å². The molecular formula is C18H16BrN3O2S. The molecule has 0 unspecified atom stereocenters. The van der Waals surface area contributed by atoms with E-state index in [0.717, 1.165) is 40.4 Å². The van der Waals surface area contributed by atoms with Crippen LogP contribution in [0.1, 0.15) is 16.8 Å².